The van der Waals surface area contributed by atoms with Crippen LogP contribution in [0.4, 0.5) is 5.82 Å². The Morgan fingerprint density at radius 1 is 1.12 bits per heavy atom. The van der Waals surface area contributed by atoms with Crippen molar-refractivity contribution >= 4 is 51.7 Å². The minimum Gasteiger partial charge on any atom is -0.369 e. The van der Waals surface area contributed by atoms with E-state index in [4.69, 9.17) is 12.2 Å². The molecule has 1 aromatic carbocycles. The predicted molar refractivity (Wildman–Crippen MR) is 135 cm³/mol. The van der Waals surface area contributed by atoms with Crippen LogP contribution in [-0.2, 0) is 11.2 Å². The summed E-state index contributed by atoms with van der Waals surface area (Å²) in [7, 11) is 0. The Hall–Kier alpha value is -2.97. The second-order valence-corrected chi connectivity index (χ2v) is 9.63. The minimum absolute atomic E-state index is 0.165. The molecular formula is C24H24N4O2S2. The number of carbonyl (C=O) groups is 1. The van der Waals surface area contributed by atoms with E-state index in [1.54, 1.807) is 29.3 Å². The van der Waals surface area contributed by atoms with Gasteiger partial charge in [0.1, 0.15) is 15.8 Å². The van der Waals surface area contributed by atoms with Crippen LogP contribution in [0, 0.1) is 5.92 Å². The van der Waals surface area contributed by atoms with E-state index >= 15 is 0 Å². The third-order valence-corrected chi connectivity index (χ3v) is 6.39. The Balaban J connectivity index is 1.69. The van der Waals surface area contributed by atoms with Gasteiger partial charge in [0.25, 0.3) is 11.5 Å². The summed E-state index contributed by atoms with van der Waals surface area (Å²) in [5, 5.41) is 3.30. The van der Waals surface area contributed by atoms with Gasteiger partial charge in [-0.2, -0.15) is 0 Å². The van der Waals surface area contributed by atoms with Crippen LogP contribution < -0.4 is 10.9 Å². The van der Waals surface area contributed by atoms with E-state index in [2.05, 4.69) is 22.4 Å². The van der Waals surface area contributed by atoms with Crippen LogP contribution in [0.5, 0.6) is 0 Å². The van der Waals surface area contributed by atoms with Crippen LogP contribution in [0.2, 0.25) is 0 Å². The maximum Gasteiger partial charge on any atom is 0.267 e. The molecule has 0 spiro atoms. The number of nitrogens with one attached hydrogen (secondary N) is 1. The molecule has 1 aliphatic rings. The maximum atomic E-state index is 13.3. The second kappa shape index (κ2) is 9.67. The first-order valence-electron chi connectivity index (χ1n) is 10.5. The number of anilines is 1. The lowest BCUT2D eigenvalue weighted by molar-refractivity contribution is -0.122. The number of rotatable bonds is 7. The van der Waals surface area contributed by atoms with Gasteiger partial charge in [-0.15, -0.1) is 0 Å². The molecule has 0 saturated carbocycles. The molecule has 1 saturated heterocycles. The zero-order chi connectivity index (χ0) is 22.7. The highest BCUT2D eigenvalue weighted by atomic mass is 32.2. The minimum atomic E-state index is -0.230. The monoisotopic (exact) mass is 464 g/mol. The number of hydrogen-bond acceptors (Lipinski definition) is 6. The molecule has 3 aromatic rings. The van der Waals surface area contributed by atoms with Gasteiger partial charge in [0.05, 0.1) is 10.5 Å². The molecule has 0 aliphatic carbocycles. The number of pyridine rings is 1. The van der Waals surface area contributed by atoms with Crippen molar-refractivity contribution in [1.29, 1.82) is 0 Å². The van der Waals surface area contributed by atoms with E-state index in [9.17, 15) is 9.59 Å². The van der Waals surface area contributed by atoms with Crippen molar-refractivity contribution in [2.45, 2.75) is 20.3 Å². The van der Waals surface area contributed by atoms with Gasteiger partial charge in [-0.1, -0.05) is 74.2 Å². The zero-order valence-corrected chi connectivity index (χ0v) is 19.6. The Labute approximate surface area is 196 Å². The van der Waals surface area contributed by atoms with Crippen LogP contribution >= 0.6 is 24.0 Å². The fourth-order valence-corrected chi connectivity index (χ4v) is 4.75. The van der Waals surface area contributed by atoms with E-state index in [0.29, 0.717) is 45.3 Å². The molecule has 164 valence electrons. The zero-order valence-electron chi connectivity index (χ0n) is 17.9. The molecule has 8 heteroatoms. The summed E-state index contributed by atoms with van der Waals surface area (Å²) in [5.41, 5.74) is 1.86. The molecule has 0 unspecified atom stereocenters. The molecule has 1 amide bonds. The molecule has 1 aliphatic heterocycles. The van der Waals surface area contributed by atoms with Crippen LogP contribution in [0.1, 0.15) is 25.0 Å². The molecular weight excluding hydrogens is 440 g/mol. The average Bonchev–Trinajstić information content (AvgIpc) is 3.04. The van der Waals surface area contributed by atoms with E-state index in [-0.39, 0.29) is 11.5 Å². The summed E-state index contributed by atoms with van der Waals surface area (Å²) in [6.07, 6.45) is 4.09. The lowest BCUT2D eigenvalue weighted by Crippen LogP contribution is -2.31. The molecule has 0 radical (unpaired) electrons. The Kier molecular flexibility index (Phi) is 6.72. The Morgan fingerprint density at radius 2 is 1.88 bits per heavy atom. The second-order valence-electron chi connectivity index (χ2n) is 7.96. The van der Waals surface area contributed by atoms with E-state index in [1.807, 2.05) is 38.1 Å². The van der Waals surface area contributed by atoms with Gasteiger partial charge < -0.3 is 5.32 Å². The fraction of sp³-hybridized carbons (Fsp3) is 0.250. The number of thiocarbonyl (C=S) groups is 1. The van der Waals surface area contributed by atoms with Crippen molar-refractivity contribution in [1.82, 2.24) is 14.3 Å². The number of aromatic nitrogens is 2. The van der Waals surface area contributed by atoms with Crippen molar-refractivity contribution in [3.63, 3.8) is 0 Å². The van der Waals surface area contributed by atoms with Crippen LogP contribution in [0.3, 0.4) is 0 Å². The van der Waals surface area contributed by atoms with Gasteiger partial charge in [0.2, 0.25) is 0 Å². The molecule has 6 nitrogen and oxygen atoms in total. The maximum absolute atomic E-state index is 13.3. The highest BCUT2D eigenvalue weighted by Crippen LogP contribution is 2.33. The third kappa shape index (κ3) is 4.76. The topological polar surface area (TPSA) is 66.7 Å². The number of amides is 1. The Morgan fingerprint density at radius 3 is 2.62 bits per heavy atom. The summed E-state index contributed by atoms with van der Waals surface area (Å²) < 4.78 is 2.01. The van der Waals surface area contributed by atoms with Crippen LogP contribution in [0.25, 0.3) is 11.7 Å². The summed E-state index contributed by atoms with van der Waals surface area (Å²) in [6.45, 7) is 5.24. The molecule has 0 atom stereocenters. The van der Waals surface area contributed by atoms with Gasteiger partial charge in [-0.3, -0.25) is 18.9 Å². The van der Waals surface area contributed by atoms with Gasteiger partial charge in [-0.05, 0) is 36.1 Å². The number of hydrogen-bond donors (Lipinski definition) is 1. The highest BCUT2D eigenvalue weighted by molar-refractivity contribution is 8.26. The van der Waals surface area contributed by atoms with Gasteiger partial charge >= 0.3 is 0 Å². The highest BCUT2D eigenvalue weighted by Gasteiger charge is 2.32. The van der Waals surface area contributed by atoms with Crippen molar-refractivity contribution in [3.8, 4) is 0 Å². The molecule has 1 N–H and O–H groups in total. The smallest absolute Gasteiger partial charge is 0.267 e. The fourth-order valence-electron chi connectivity index (χ4n) is 3.49. The summed E-state index contributed by atoms with van der Waals surface area (Å²) >= 11 is 6.64. The lowest BCUT2D eigenvalue weighted by Gasteiger charge is -2.16. The van der Waals surface area contributed by atoms with Crippen LogP contribution in [0.15, 0.2) is 64.4 Å². The van der Waals surface area contributed by atoms with Gasteiger partial charge in [0.15, 0.2) is 0 Å². The van der Waals surface area contributed by atoms with Crippen molar-refractivity contribution in [2.24, 2.45) is 5.92 Å². The normalized spacial score (nSPS) is 15.3. The third-order valence-electron chi connectivity index (χ3n) is 5.01. The van der Waals surface area contributed by atoms with Gasteiger partial charge in [0, 0.05) is 19.3 Å². The molecule has 1 fully saturated rings. The largest absolute Gasteiger partial charge is 0.369 e. The summed E-state index contributed by atoms with van der Waals surface area (Å²) in [6, 6.07) is 15.5. The SMILES string of the molecule is CC(C)CN1C(=O)C(=Cc2c(NCCc3ccccc3)nc3ccccn3c2=O)SC1=S. The first kappa shape index (κ1) is 22.2. The summed E-state index contributed by atoms with van der Waals surface area (Å²) in [4.78, 5) is 32.9. The quantitative estimate of drug-likeness (QED) is 0.417. The van der Waals surface area contributed by atoms with Crippen molar-refractivity contribution in [2.75, 3.05) is 18.4 Å². The van der Waals surface area contributed by atoms with Crippen molar-refractivity contribution < 1.29 is 4.79 Å². The standard InChI is InChI=1S/C24H24N4O2S2/c1-16(2)15-28-23(30)19(32-24(28)31)14-18-21(25-12-11-17-8-4-3-5-9-17)26-20-10-6-7-13-27(20)22(18)29/h3-10,13-14,16,25H,11-12,15H2,1-2H3. The van der Waals surface area contributed by atoms with E-state index in [0.717, 1.165) is 6.42 Å². The van der Waals surface area contributed by atoms with Gasteiger partial charge in [-0.25, -0.2) is 4.98 Å². The number of thioether (sulfide) groups is 1. The average molecular weight is 465 g/mol. The first-order chi connectivity index (χ1) is 15.4. The summed E-state index contributed by atoms with van der Waals surface area (Å²) in [5.74, 6) is 0.591. The number of benzene rings is 1. The van der Waals surface area contributed by atoms with Crippen molar-refractivity contribution in [3.05, 3.63) is 81.1 Å². The Bertz CT molecular complexity index is 1250. The lowest BCUT2D eigenvalue weighted by atomic mass is 10.1. The number of carbonyl (C=O) groups excluding carboxylic acids is 1. The molecule has 4 rings (SSSR count). The molecule has 32 heavy (non-hydrogen) atoms. The van der Waals surface area contributed by atoms with E-state index in [1.165, 1.54) is 21.7 Å². The molecule has 2 aromatic heterocycles. The first-order valence-corrected chi connectivity index (χ1v) is 11.7. The molecule has 0 bridgehead atoms. The number of nitrogens with zero attached hydrogens (tertiary/aromatic N) is 3. The predicted octanol–water partition coefficient (Wildman–Crippen LogP) is 4.21. The molecule has 3 heterocycles. The number of fused-ring (bicyclic) bond motifs is 1. The van der Waals surface area contributed by atoms with Crippen LogP contribution in [-0.4, -0.2) is 37.6 Å². The van der Waals surface area contributed by atoms with E-state index < -0.39 is 0 Å².